The van der Waals surface area contributed by atoms with Crippen LogP contribution in [0, 0.1) is 5.92 Å². The number of oxazole rings is 1. The molecule has 1 aliphatic rings. The summed E-state index contributed by atoms with van der Waals surface area (Å²) in [6.45, 7) is 6.27. The fourth-order valence-electron chi connectivity index (χ4n) is 3.93. The zero-order valence-corrected chi connectivity index (χ0v) is 18.5. The molecule has 164 valence electrons. The largest absolute Gasteiger partial charge is 0.493 e. The number of hydrogen-bond donors (Lipinski definition) is 0. The Morgan fingerprint density at radius 2 is 2.06 bits per heavy atom. The van der Waals surface area contributed by atoms with Gasteiger partial charge in [0, 0.05) is 18.7 Å². The molecule has 6 nitrogen and oxygen atoms in total. The molecule has 31 heavy (non-hydrogen) atoms. The molecule has 1 aromatic heterocycles. The zero-order chi connectivity index (χ0) is 21.8. The van der Waals surface area contributed by atoms with E-state index in [1.165, 1.54) is 0 Å². The highest BCUT2D eigenvalue weighted by Gasteiger charge is 2.29. The van der Waals surface area contributed by atoms with Crippen LogP contribution in [-0.4, -0.2) is 42.6 Å². The number of para-hydroxylation sites is 2. The van der Waals surface area contributed by atoms with Gasteiger partial charge in [0.1, 0.15) is 5.52 Å². The molecule has 3 aromatic rings. The molecule has 0 saturated carbocycles. The summed E-state index contributed by atoms with van der Waals surface area (Å²) in [5.41, 5.74) is 2.25. The molecular formula is C25H30N2O4. The Morgan fingerprint density at radius 1 is 1.23 bits per heavy atom. The number of methoxy groups -OCH3 is 1. The Bertz CT molecular complexity index is 1010. The molecule has 2 aromatic carbocycles. The molecular weight excluding hydrogens is 392 g/mol. The molecule has 0 bridgehead atoms. The predicted molar refractivity (Wildman–Crippen MR) is 120 cm³/mol. The zero-order valence-electron chi connectivity index (χ0n) is 18.5. The summed E-state index contributed by atoms with van der Waals surface area (Å²) < 4.78 is 17.3. The third-order valence-electron chi connectivity index (χ3n) is 5.73. The number of carbonyl (C=O) groups is 1. The highest BCUT2D eigenvalue weighted by Crippen LogP contribution is 2.32. The van der Waals surface area contributed by atoms with E-state index in [4.69, 9.17) is 13.9 Å². The molecule has 0 radical (unpaired) electrons. The number of nitrogens with zero attached hydrogens (tertiary/aromatic N) is 2. The van der Waals surface area contributed by atoms with Crippen molar-refractivity contribution in [3.05, 3.63) is 53.9 Å². The summed E-state index contributed by atoms with van der Waals surface area (Å²) >= 11 is 0. The molecule has 1 saturated heterocycles. The number of carbonyl (C=O) groups excluding carboxylic acids is 1. The van der Waals surface area contributed by atoms with Gasteiger partial charge in [-0.3, -0.25) is 4.79 Å². The van der Waals surface area contributed by atoms with Gasteiger partial charge in [-0.05, 0) is 55.5 Å². The van der Waals surface area contributed by atoms with Crippen LogP contribution >= 0.6 is 0 Å². The van der Waals surface area contributed by atoms with Gasteiger partial charge in [-0.25, -0.2) is 4.98 Å². The first-order chi connectivity index (χ1) is 15.0. The number of hydrogen-bond acceptors (Lipinski definition) is 5. The van der Waals surface area contributed by atoms with Crippen LogP contribution in [-0.2, 0) is 0 Å². The van der Waals surface area contributed by atoms with E-state index in [9.17, 15) is 4.79 Å². The maximum atomic E-state index is 13.2. The van der Waals surface area contributed by atoms with Crippen molar-refractivity contribution in [2.75, 3.05) is 26.8 Å². The Kier molecular flexibility index (Phi) is 6.44. The van der Waals surface area contributed by atoms with Gasteiger partial charge in [0.05, 0.1) is 19.6 Å². The lowest BCUT2D eigenvalue weighted by Gasteiger charge is -2.31. The molecule has 0 N–H and O–H groups in total. The van der Waals surface area contributed by atoms with Gasteiger partial charge in [0.25, 0.3) is 5.91 Å². The van der Waals surface area contributed by atoms with Crippen LogP contribution in [0.2, 0.25) is 0 Å². The van der Waals surface area contributed by atoms with E-state index >= 15 is 0 Å². The van der Waals surface area contributed by atoms with Gasteiger partial charge in [0.2, 0.25) is 0 Å². The fraction of sp³-hybridized carbons (Fsp3) is 0.440. The van der Waals surface area contributed by atoms with E-state index in [1.807, 2.05) is 41.3 Å². The monoisotopic (exact) mass is 422 g/mol. The van der Waals surface area contributed by atoms with E-state index in [2.05, 4.69) is 18.8 Å². The average molecular weight is 423 g/mol. The van der Waals surface area contributed by atoms with Gasteiger partial charge in [-0.15, -0.1) is 0 Å². The second-order valence-electron chi connectivity index (χ2n) is 8.51. The summed E-state index contributed by atoms with van der Waals surface area (Å²) in [6, 6.07) is 13.2. The molecule has 4 rings (SSSR count). The number of benzene rings is 2. The molecule has 0 aliphatic carbocycles. The molecule has 6 heteroatoms. The van der Waals surface area contributed by atoms with E-state index in [1.54, 1.807) is 13.2 Å². The Morgan fingerprint density at radius 3 is 2.84 bits per heavy atom. The highest BCUT2D eigenvalue weighted by molar-refractivity contribution is 5.95. The molecule has 0 spiro atoms. The van der Waals surface area contributed by atoms with Crippen LogP contribution in [0.15, 0.2) is 46.9 Å². The number of likely N-dealkylation sites (tertiary alicyclic amines) is 1. The Hall–Kier alpha value is -3.02. The van der Waals surface area contributed by atoms with Crippen LogP contribution in [0.4, 0.5) is 0 Å². The van der Waals surface area contributed by atoms with Gasteiger partial charge in [-0.2, -0.15) is 0 Å². The second kappa shape index (κ2) is 9.41. The number of ether oxygens (including phenoxy) is 2. The van der Waals surface area contributed by atoms with E-state index < -0.39 is 0 Å². The first kappa shape index (κ1) is 21.2. The fourth-order valence-corrected chi connectivity index (χ4v) is 3.93. The van der Waals surface area contributed by atoms with Crippen LogP contribution < -0.4 is 9.47 Å². The maximum Gasteiger partial charge on any atom is 0.254 e. The average Bonchev–Trinajstić information content (AvgIpc) is 3.23. The topological polar surface area (TPSA) is 64.8 Å². The maximum absolute atomic E-state index is 13.2. The van der Waals surface area contributed by atoms with Crippen molar-refractivity contribution in [1.82, 2.24) is 9.88 Å². The van der Waals surface area contributed by atoms with Crippen LogP contribution in [0.5, 0.6) is 11.5 Å². The molecule has 1 atom stereocenters. The van der Waals surface area contributed by atoms with Crippen molar-refractivity contribution in [1.29, 1.82) is 0 Å². The molecule has 1 unspecified atom stereocenters. The third kappa shape index (κ3) is 4.84. The van der Waals surface area contributed by atoms with Crippen LogP contribution in [0.1, 0.15) is 55.3 Å². The minimum absolute atomic E-state index is 0.00663. The van der Waals surface area contributed by atoms with Crippen molar-refractivity contribution in [2.24, 2.45) is 5.92 Å². The summed E-state index contributed by atoms with van der Waals surface area (Å²) in [4.78, 5) is 19.7. The number of piperidine rings is 1. The first-order valence-corrected chi connectivity index (χ1v) is 11.0. The number of aromatic nitrogens is 1. The van der Waals surface area contributed by atoms with E-state index in [-0.39, 0.29) is 11.8 Å². The third-order valence-corrected chi connectivity index (χ3v) is 5.73. The summed E-state index contributed by atoms with van der Waals surface area (Å²) in [6.07, 6.45) is 2.85. The van der Waals surface area contributed by atoms with Crippen LogP contribution in [0.25, 0.3) is 11.1 Å². The summed E-state index contributed by atoms with van der Waals surface area (Å²) in [5.74, 6) is 2.63. The minimum atomic E-state index is -0.00663. The lowest BCUT2D eigenvalue weighted by molar-refractivity contribution is 0.0698. The lowest BCUT2D eigenvalue weighted by atomic mass is 9.97. The summed E-state index contributed by atoms with van der Waals surface area (Å²) in [5, 5.41) is 0. The minimum Gasteiger partial charge on any atom is -0.493 e. The predicted octanol–water partition coefficient (Wildman–Crippen LogP) is 5.28. The standard InChI is InChI=1S/C25H30N2O4/c1-17(2)12-14-30-22-11-10-18(15-23(22)29-3)25(28)27-13-6-7-19(16-27)24-26-20-8-4-5-9-21(20)31-24/h4-5,8-11,15,17,19H,6-7,12-14,16H2,1-3H3. The second-order valence-corrected chi connectivity index (χ2v) is 8.51. The smallest absolute Gasteiger partial charge is 0.254 e. The lowest BCUT2D eigenvalue weighted by Crippen LogP contribution is -2.39. The summed E-state index contributed by atoms with van der Waals surface area (Å²) in [7, 11) is 1.60. The van der Waals surface area contributed by atoms with Crippen molar-refractivity contribution >= 4 is 17.0 Å². The van der Waals surface area contributed by atoms with Gasteiger partial charge in [-0.1, -0.05) is 26.0 Å². The first-order valence-electron chi connectivity index (χ1n) is 11.0. The molecule has 1 fully saturated rings. The van der Waals surface area contributed by atoms with Crippen molar-refractivity contribution < 1.29 is 18.7 Å². The molecule has 1 amide bonds. The van der Waals surface area contributed by atoms with Crippen molar-refractivity contribution in [3.63, 3.8) is 0 Å². The van der Waals surface area contributed by atoms with Crippen LogP contribution in [0.3, 0.4) is 0 Å². The Labute approximate surface area is 183 Å². The van der Waals surface area contributed by atoms with E-state index in [0.29, 0.717) is 42.0 Å². The van der Waals surface area contributed by atoms with Crippen molar-refractivity contribution in [2.45, 2.75) is 39.0 Å². The van der Waals surface area contributed by atoms with Gasteiger partial charge < -0.3 is 18.8 Å². The van der Waals surface area contributed by atoms with Gasteiger partial charge in [0.15, 0.2) is 23.0 Å². The van der Waals surface area contributed by atoms with E-state index in [0.717, 1.165) is 36.9 Å². The quantitative estimate of drug-likeness (QED) is 0.518. The van der Waals surface area contributed by atoms with Crippen molar-refractivity contribution in [3.8, 4) is 11.5 Å². The Balaban J connectivity index is 1.46. The molecule has 2 heterocycles. The highest BCUT2D eigenvalue weighted by atomic mass is 16.5. The SMILES string of the molecule is COc1cc(C(=O)N2CCCC(c3nc4ccccc4o3)C2)ccc1OCCC(C)C. The number of fused-ring (bicyclic) bond motifs is 1. The van der Waals surface area contributed by atoms with Gasteiger partial charge >= 0.3 is 0 Å². The normalized spacial score (nSPS) is 16.6. The number of rotatable bonds is 7. The number of amides is 1. The molecule has 1 aliphatic heterocycles.